The minimum atomic E-state index is -0.214. The highest BCUT2D eigenvalue weighted by Crippen LogP contribution is 2.23. The number of hydrogen-bond acceptors (Lipinski definition) is 2. The van der Waals surface area contributed by atoms with Crippen molar-refractivity contribution in [1.82, 2.24) is 10.6 Å². The molecule has 124 valence electrons. The van der Waals surface area contributed by atoms with Gasteiger partial charge in [0.2, 0.25) is 0 Å². The summed E-state index contributed by atoms with van der Waals surface area (Å²) in [6.07, 6.45) is 0. The van der Waals surface area contributed by atoms with E-state index in [9.17, 15) is 0 Å². The normalized spacial score (nSPS) is 14.0. The van der Waals surface area contributed by atoms with Gasteiger partial charge in [-0.15, -0.1) is 0 Å². The molecular weight excluding hydrogens is 274 g/mol. The van der Waals surface area contributed by atoms with E-state index < -0.39 is 0 Å². The molecule has 2 N–H and O–H groups in total. The summed E-state index contributed by atoms with van der Waals surface area (Å²) in [4.78, 5) is 4.29. The van der Waals surface area contributed by atoms with Crippen molar-refractivity contribution in [3.63, 3.8) is 0 Å². The summed E-state index contributed by atoms with van der Waals surface area (Å²) in [5.74, 6) is 1.82. The SMILES string of the molecule is CN=C(NCC(c1ccccc1)C(C)C)NCC(C)(C)OC. The van der Waals surface area contributed by atoms with Crippen LogP contribution in [0.2, 0.25) is 0 Å². The van der Waals surface area contributed by atoms with Gasteiger partial charge in [-0.2, -0.15) is 0 Å². The van der Waals surface area contributed by atoms with Crippen LogP contribution < -0.4 is 10.6 Å². The quantitative estimate of drug-likeness (QED) is 0.601. The first-order valence-corrected chi connectivity index (χ1v) is 7.94. The molecular formula is C18H31N3O. The summed E-state index contributed by atoms with van der Waals surface area (Å²) in [5.41, 5.74) is 1.15. The summed E-state index contributed by atoms with van der Waals surface area (Å²) in [6, 6.07) is 10.6. The molecule has 1 aromatic rings. The van der Waals surface area contributed by atoms with Crippen LogP contribution in [0.3, 0.4) is 0 Å². The van der Waals surface area contributed by atoms with Gasteiger partial charge in [0.1, 0.15) is 0 Å². The van der Waals surface area contributed by atoms with Gasteiger partial charge in [-0.05, 0) is 25.3 Å². The lowest BCUT2D eigenvalue weighted by Crippen LogP contribution is -2.46. The lowest BCUT2D eigenvalue weighted by atomic mass is 9.88. The highest BCUT2D eigenvalue weighted by molar-refractivity contribution is 5.79. The minimum Gasteiger partial charge on any atom is -0.377 e. The molecule has 22 heavy (non-hydrogen) atoms. The molecule has 0 aliphatic rings. The summed E-state index contributed by atoms with van der Waals surface area (Å²) in [7, 11) is 3.52. The van der Waals surface area contributed by atoms with E-state index in [4.69, 9.17) is 4.74 Å². The molecule has 0 radical (unpaired) electrons. The Labute approximate surface area is 135 Å². The fraction of sp³-hybridized carbons (Fsp3) is 0.611. The molecule has 0 fully saturated rings. The molecule has 4 nitrogen and oxygen atoms in total. The third-order valence-electron chi connectivity index (χ3n) is 3.98. The van der Waals surface area contributed by atoms with E-state index in [0.29, 0.717) is 18.4 Å². The van der Waals surface area contributed by atoms with Gasteiger partial charge in [0, 0.05) is 33.2 Å². The number of ether oxygens (including phenoxy) is 1. The maximum absolute atomic E-state index is 5.42. The number of methoxy groups -OCH3 is 1. The van der Waals surface area contributed by atoms with E-state index in [1.165, 1.54) is 5.56 Å². The summed E-state index contributed by atoms with van der Waals surface area (Å²) in [6.45, 7) is 10.2. The molecule has 0 aliphatic heterocycles. The monoisotopic (exact) mass is 305 g/mol. The van der Waals surface area contributed by atoms with Gasteiger partial charge in [-0.1, -0.05) is 44.2 Å². The van der Waals surface area contributed by atoms with Crippen LogP contribution in [0.5, 0.6) is 0 Å². The van der Waals surface area contributed by atoms with Crippen molar-refractivity contribution in [2.75, 3.05) is 27.2 Å². The lowest BCUT2D eigenvalue weighted by Gasteiger charge is -2.26. The van der Waals surface area contributed by atoms with Crippen molar-refractivity contribution in [1.29, 1.82) is 0 Å². The van der Waals surface area contributed by atoms with E-state index in [0.717, 1.165) is 12.5 Å². The Morgan fingerprint density at radius 2 is 1.82 bits per heavy atom. The molecule has 1 unspecified atom stereocenters. The molecule has 0 spiro atoms. The van der Waals surface area contributed by atoms with Crippen LogP contribution in [-0.4, -0.2) is 38.8 Å². The minimum absolute atomic E-state index is 0.214. The first-order valence-electron chi connectivity index (χ1n) is 7.94. The number of guanidine groups is 1. The summed E-state index contributed by atoms with van der Waals surface area (Å²) < 4.78 is 5.42. The third kappa shape index (κ3) is 6.06. The maximum Gasteiger partial charge on any atom is 0.191 e. The Morgan fingerprint density at radius 1 is 1.18 bits per heavy atom. The zero-order valence-electron chi connectivity index (χ0n) is 14.8. The van der Waals surface area contributed by atoms with Gasteiger partial charge in [0.25, 0.3) is 0 Å². The molecule has 0 amide bonds. The second-order valence-electron chi connectivity index (χ2n) is 6.53. The van der Waals surface area contributed by atoms with Crippen molar-refractivity contribution in [3.8, 4) is 0 Å². The topological polar surface area (TPSA) is 45.7 Å². The van der Waals surface area contributed by atoms with E-state index in [-0.39, 0.29) is 5.60 Å². The highest BCUT2D eigenvalue weighted by atomic mass is 16.5. The first kappa shape index (κ1) is 18.5. The third-order valence-corrected chi connectivity index (χ3v) is 3.98. The van der Waals surface area contributed by atoms with Crippen LogP contribution in [0.4, 0.5) is 0 Å². The van der Waals surface area contributed by atoms with Gasteiger partial charge < -0.3 is 15.4 Å². The summed E-state index contributed by atoms with van der Waals surface area (Å²) >= 11 is 0. The number of benzene rings is 1. The number of aliphatic imine (C=N–C) groups is 1. The Kier molecular flexibility index (Phi) is 7.39. The van der Waals surface area contributed by atoms with E-state index >= 15 is 0 Å². The van der Waals surface area contributed by atoms with Gasteiger partial charge >= 0.3 is 0 Å². The van der Waals surface area contributed by atoms with Crippen LogP contribution >= 0.6 is 0 Å². The fourth-order valence-corrected chi connectivity index (χ4v) is 2.23. The average Bonchev–Trinajstić information content (AvgIpc) is 2.51. The second kappa shape index (κ2) is 8.79. The molecule has 1 aromatic carbocycles. The molecule has 0 saturated carbocycles. The maximum atomic E-state index is 5.42. The Hall–Kier alpha value is -1.55. The van der Waals surface area contributed by atoms with Crippen molar-refractivity contribution in [3.05, 3.63) is 35.9 Å². The standard InChI is InChI=1S/C18H31N3O/c1-14(2)16(15-10-8-7-9-11-15)12-20-17(19-5)21-13-18(3,4)22-6/h7-11,14,16H,12-13H2,1-6H3,(H2,19,20,21). The molecule has 0 aliphatic carbocycles. The number of hydrogen-bond donors (Lipinski definition) is 2. The van der Waals surface area contributed by atoms with Gasteiger partial charge in [0.15, 0.2) is 5.96 Å². The van der Waals surface area contributed by atoms with E-state index in [1.807, 2.05) is 13.8 Å². The fourth-order valence-electron chi connectivity index (χ4n) is 2.23. The number of nitrogens with one attached hydrogen (secondary N) is 2. The van der Waals surface area contributed by atoms with Crippen LogP contribution in [0, 0.1) is 5.92 Å². The molecule has 0 heterocycles. The molecule has 0 aromatic heterocycles. The first-order chi connectivity index (χ1) is 10.4. The van der Waals surface area contributed by atoms with E-state index in [1.54, 1.807) is 14.2 Å². The predicted octanol–water partition coefficient (Wildman–Crippen LogP) is 3.02. The Morgan fingerprint density at radius 3 is 2.32 bits per heavy atom. The smallest absolute Gasteiger partial charge is 0.191 e. The van der Waals surface area contributed by atoms with Crippen molar-refractivity contribution < 1.29 is 4.74 Å². The molecule has 4 heteroatoms. The Balaban J connectivity index is 2.60. The zero-order chi connectivity index (χ0) is 16.6. The Bertz CT molecular complexity index is 455. The van der Waals surface area contributed by atoms with Crippen molar-refractivity contribution in [2.24, 2.45) is 10.9 Å². The van der Waals surface area contributed by atoms with Crippen LogP contribution in [0.15, 0.2) is 35.3 Å². The molecule has 0 saturated heterocycles. The molecule has 1 atom stereocenters. The van der Waals surface area contributed by atoms with Gasteiger partial charge in [0.05, 0.1) is 5.60 Å². The number of rotatable bonds is 7. The number of nitrogens with zero attached hydrogens (tertiary/aromatic N) is 1. The van der Waals surface area contributed by atoms with Crippen LogP contribution in [0.25, 0.3) is 0 Å². The largest absolute Gasteiger partial charge is 0.377 e. The van der Waals surface area contributed by atoms with Crippen molar-refractivity contribution >= 4 is 5.96 Å². The van der Waals surface area contributed by atoms with Crippen LogP contribution in [0.1, 0.15) is 39.2 Å². The van der Waals surface area contributed by atoms with Gasteiger partial charge in [-0.3, -0.25) is 4.99 Å². The highest BCUT2D eigenvalue weighted by Gasteiger charge is 2.18. The molecule has 0 bridgehead atoms. The second-order valence-corrected chi connectivity index (χ2v) is 6.53. The zero-order valence-corrected chi connectivity index (χ0v) is 14.8. The predicted molar refractivity (Wildman–Crippen MR) is 94.5 cm³/mol. The lowest BCUT2D eigenvalue weighted by molar-refractivity contribution is 0.0268. The molecule has 1 rings (SSSR count). The average molecular weight is 305 g/mol. The van der Waals surface area contributed by atoms with Crippen LogP contribution in [-0.2, 0) is 4.74 Å². The summed E-state index contributed by atoms with van der Waals surface area (Å²) in [5, 5.41) is 6.75. The van der Waals surface area contributed by atoms with Crippen molar-refractivity contribution in [2.45, 2.75) is 39.2 Å². The van der Waals surface area contributed by atoms with Gasteiger partial charge in [-0.25, -0.2) is 0 Å². The van der Waals surface area contributed by atoms with E-state index in [2.05, 4.69) is 59.8 Å².